The molecule has 2 aromatic rings. The van der Waals surface area contributed by atoms with E-state index in [4.69, 9.17) is 16.3 Å². The molecule has 0 fully saturated rings. The summed E-state index contributed by atoms with van der Waals surface area (Å²) < 4.78 is 5.43. The molecule has 0 aliphatic rings. The lowest BCUT2D eigenvalue weighted by atomic mass is 10.3. The van der Waals surface area contributed by atoms with Crippen LogP contribution < -0.4 is 10.1 Å². The number of rotatable bonds is 4. The Morgan fingerprint density at radius 1 is 1.33 bits per heavy atom. The lowest BCUT2D eigenvalue weighted by Gasteiger charge is -2.10. The molecule has 0 unspecified atom stereocenters. The van der Waals surface area contributed by atoms with Crippen molar-refractivity contribution in [2.24, 2.45) is 0 Å². The van der Waals surface area contributed by atoms with Crippen LogP contribution in [0.4, 0.5) is 11.4 Å². The molecule has 1 amide bonds. The molecule has 0 aliphatic carbocycles. The Labute approximate surface area is 124 Å². The second-order valence-electron chi connectivity index (χ2n) is 3.99. The van der Waals surface area contributed by atoms with Crippen molar-refractivity contribution in [3.05, 3.63) is 51.7 Å². The van der Waals surface area contributed by atoms with Gasteiger partial charge in [0.1, 0.15) is 5.15 Å². The number of hydrogen-bond donors (Lipinski definition) is 1. The minimum absolute atomic E-state index is 0.0626. The average Bonchev–Trinajstić information content (AvgIpc) is 2.40. The summed E-state index contributed by atoms with van der Waals surface area (Å²) in [6, 6.07) is 9.01. The van der Waals surface area contributed by atoms with Gasteiger partial charge < -0.3 is 10.1 Å². The number of carbonyl (C=O) groups excluding carboxylic acids is 1. The minimum Gasteiger partial charge on any atom is -0.431 e. The van der Waals surface area contributed by atoms with Gasteiger partial charge in [-0.3, -0.25) is 14.9 Å². The number of carbonyl (C=O) groups is 1. The Hall–Kier alpha value is -2.67. The number of ether oxygens (including phenoxy) is 1. The molecule has 1 N–H and O–H groups in total. The second-order valence-corrected chi connectivity index (χ2v) is 4.38. The summed E-state index contributed by atoms with van der Waals surface area (Å²) in [5.41, 5.74) is 0.0538. The predicted molar refractivity (Wildman–Crippen MR) is 76.7 cm³/mol. The number of hydrogen-bond acceptors (Lipinski definition) is 5. The molecule has 0 aliphatic heterocycles. The standard InChI is InChI=1S/C13H10ClN3O4/c1-8(18)15-9-4-2-3-5-11(9)21-13-10(17(19)20)6-7-12(14)16-13/h2-7H,1H3,(H,15,18). The van der Waals surface area contributed by atoms with Crippen molar-refractivity contribution in [3.8, 4) is 11.6 Å². The van der Waals surface area contributed by atoms with Gasteiger partial charge in [-0.15, -0.1) is 0 Å². The third-order valence-electron chi connectivity index (χ3n) is 2.41. The first-order chi connectivity index (χ1) is 9.97. The third-order valence-corrected chi connectivity index (χ3v) is 2.62. The van der Waals surface area contributed by atoms with Crippen molar-refractivity contribution >= 4 is 28.9 Å². The first-order valence-electron chi connectivity index (χ1n) is 5.83. The minimum atomic E-state index is -0.625. The SMILES string of the molecule is CC(=O)Nc1ccccc1Oc1nc(Cl)ccc1[N+](=O)[O-]. The van der Waals surface area contributed by atoms with E-state index in [0.29, 0.717) is 5.69 Å². The normalized spacial score (nSPS) is 10.0. The van der Waals surface area contributed by atoms with E-state index < -0.39 is 4.92 Å². The van der Waals surface area contributed by atoms with Gasteiger partial charge in [0.25, 0.3) is 0 Å². The number of aromatic nitrogens is 1. The molecule has 0 bridgehead atoms. The van der Waals surface area contributed by atoms with Gasteiger partial charge in [0, 0.05) is 13.0 Å². The van der Waals surface area contributed by atoms with E-state index >= 15 is 0 Å². The maximum atomic E-state index is 11.1. The van der Waals surface area contributed by atoms with E-state index in [2.05, 4.69) is 10.3 Å². The Bertz CT molecular complexity index is 706. The summed E-state index contributed by atoms with van der Waals surface area (Å²) in [5.74, 6) is -0.310. The zero-order valence-electron chi connectivity index (χ0n) is 10.9. The molecule has 21 heavy (non-hydrogen) atoms. The average molecular weight is 308 g/mol. The van der Waals surface area contributed by atoms with Gasteiger partial charge in [-0.1, -0.05) is 23.7 Å². The zero-order chi connectivity index (χ0) is 15.4. The highest BCUT2D eigenvalue weighted by molar-refractivity contribution is 6.29. The van der Waals surface area contributed by atoms with Gasteiger partial charge >= 0.3 is 11.6 Å². The van der Waals surface area contributed by atoms with Crippen LogP contribution in [0.5, 0.6) is 11.6 Å². The first-order valence-corrected chi connectivity index (χ1v) is 6.20. The molecule has 7 nitrogen and oxygen atoms in total. The van der Waals surface area contributed by atoms with E-state index in [1.54, 1.807) is 24.3 Å². The van der Waals surface area contributed by atoms with Crippen LogP contribution in [0.15, 0.2) is 36.4 Å². The molecule has 0 saturated heterocycles. The molecule has 0 saturated carbocycles. The monoisotopic (exact) mass is 307 g/mol. The Morgan fingerprint density at radius 3 is 2.71 bits per heavy atom. The highest BCUT2D eigenvalue weighted by Gasteiger charge is 2.19. The maximum Gasteiger partial charge on any atom is 0.331 e. The fourth-order valence-corrected chi connectivity index (χ4v) is 1.72. The van der Waals surface area contributed by atoms with Gasteiger partial charge in [0.15, 0.2) is 5.75 Å². The molecule has 2 rings (SSSR count). The number of benzene rings is 1. The smallest absolute Gasteiger partial charge is 0.331 e. The van der Waals surface area contributed by atoms with Crippen LogP contribution in [0.1, 0.15) is 6.92 Å². The predicted octanol–water partition coefficient (Wildman–Crippen LogP) is 3.39. The van der Waals surface area contributed by atoms with Crippen molar-refractivity contribution in [3.63, 3.8) is 0 Å². The third kappa shape index (κ3) is 3.67. The molecule has 0 spiro atoms. The van der Waals surface area contributed by atoms with E-state index in [1.807, 2.05) is 0 Å². The molecule has 1 aromatic carbocycles. The Morgan fingerprint density at radius 2 is 2.05 bits per heavy atom. The van der Waals surface area contributed by atoms with E-state index in [1.165, 1.54) is 19.1 Å². The number of halogens is 1. The molecule has 0 radical (unpaired) electrons. The van der Waals surface area contributed by atoms with Crippen molar-refractivity contribution in [2.45, 2.75) is 6.92 Å². The number of para-hydroxylation sites is 2. The largest absolute Gasteiger partial charge is 0.431 e. The fraction of sp³-hybridized carbons (Fsp3) is 0.0769. The summed E-state index contributed by atoms with van der Waals surface area (Å²) >= 11 is 5.73. The highest BCUT2D eigenvalue weighted by atomic mass is 35.5. The first kappa shape index (κ1) is 14.7. The fourth-order valence-electron chi connectivity index (χ4n) is 1.58. The molecule has 108 valence electrons. The van der Waals surface area contributed by atoms with Gasteiger partial charge in [-0.2, -0.15) is 4.98 Å². The van der Waals surface area contributed by atoms with Gasteiger partial charge in [0.05, 0.1) is 10.6 Å². The van der Waals surface area contributed by atoms with Crippen LogP contribution in [-0.4, -0.2) is 15.8 Å². The topological polar surface area (TPSA) is 94.4 Å². The molecular formula is C13H10ClN3O4. The number of amides is 1. The number of nitrogens with zero attached hydrogens (tertiary/aromatic N) is 2. The zero-order valence-corrected chi connectivity index (χ0v) is 11.6. The lowest BCUT2D eigenvalue weighted by molar-refractivity contribution is -0.386. The lowest BCUT2D eigenvalue weighted by Crippen LogP contribution is -2.07. The van der Waals surface area contributed by atoms with Crippen molar-refractivity contribution < 1.29 is 14.5 Å². The van der Waals surface area contributed by atoms with E-state index in [-0.39, 0.29) is 28.4 Å². The summed E-state index contributed by atoms with van der Waals surface area (Å²) in [7, 11) is 0. The summed E-state index contributed by atoms with van der Waals surface area (Å²) in [5, 5.41) is 13.6. The van der Waals surface area contributed by atoms with Crippen molar-refractivity contribution in [1.82, 2.24) is 4.98 Å². The molecule has 0 atom stereocenters. The summed E-state index contributed by atoms with van der Waals surface area (Å²) in [4.78, 5) is 25.3. The van der Waals surface area contributed by atoms with Crippen LogP contribution in [-0.2, 0) is 4.79 Å². The van der Waals surface area contributed by atoms with Crippen LogP contribution in [0, 0.1) is 10.1 Å². The number of nitro groups is 1. The number of pyridine rings is 1. The second kappa shape index (κ2) is 6.19. The maximum absolute atomic E-state index is 11.1. The summed E-state index contributed by atoms with van der Waals surface area (Å²) in [6.45, 7) is 1.34. The van der Waals surface area contributed by atoms with Gasteiger partial charge in [-0.25, -0.2) is 0 Å². The molecular weight excluding hydrogens is 298 g/mol. The molecule has 8 heteroatoms. The number of anilines is 1. The molecule has 1 aromatic heterocycles. The van der Waals surface area contributed by atoms with Gasteiger partial charge in [-0.05, 0) is 18.2 Å². The van der Waals surface area contributed by atoms with Gasteiger partial charge in [0.2, 0.25) is 5.91 Å². The molecule has 1 heterocycles. The van der Waals surface area contributed by atoms with Crippen LogP contribution in [0.25, 0.3) is 0 Å². The van der Waals surface area contributed by atoms with E-state index in [9.17, 15) is 14.9 Å². The Kier molecular flexibility index (Phi) is 4.34. The highest BCUT2D eigenvalue weighted by Crippen LogP contribution is 2.34. The van der Waals surface area contributed by atoms with Crippen LogP contribution >= 0.6 is 11.6 Å². The summed E-state index contributed by atoms with van der Waals surface area (Å²) in [6.07, 6.45) is 0. The van der Waals surface area contributed by atoms with Crippen LogP contribution in [0.2, 0.25) is 5.15 Å². The van der Waals surface area contributed by atoms with Crippen molar-refractivity contribution in [1.29, 1.82) is 0 Å². The Balaban J connectivity index is 2.40. The van der Waals surface area contributed by atoms with E-state index in [0.717, 1.165) is 0 Å². The number of nitrogens with one attached hydrogen (secondary N) is 1. The van der Waals surface area contributed by atoms with Crippen molar-refractivity contribution in [2.75, 3.05) is 5.32 Å². The quantitative estimate of drug-likeness (QED) is 0.530. The van der Waals surface area contributed by atoms with Crippen LogP contribution in [0.3, 0.4) is 0 Å².